The summed E-state index contributed by atoms with van der Waals surface area (Å²) in [5.74, 6) is -1.48. The summed E-state index contributed by atoms with van der Waals surface area (Å²) >= 11 is 0. The molecule has 0 saturated carbocycles. The van der Waals surface area contributed by atoms with Crippen LogP contribution in [0.1, 0.15) is 26.4 Å². The molecule has 0 fully saturated rings. The summed E-state index contributed by atoms with van der Waals surface area (Å²) in [6.07, 6.45) is 1.19. The van der Waals surface area contributed by atoms with Crippen molar-refractivity contribution in [3.8, 4) is 11.5 Å². The molecule has 2 aromatic rings. The molecule has 0 atom stereocenters. The van der Waals surface area contributed by atoms with Crippen LogP contribution in [0.15, 0.2) is 24.4 Å². The van der Waals surface area contributed by atoms with E-state index in [9.17, 15) is 9.59 Å². The number of nitrogens with zero attached hydrogens (tertiary/aromatic N) is 2. The Labute approximate surface area is 118 Å². The van der Waals surface area contributed by atoms with Crippen LogP contribution in [0.2, 0.25) is 0 Å². The minimum Gasteiger partial charge on any atom is -0.478 e. The van der Waals surface area contributed by atoms with Gasteiger partial charge < -0.3 is 19.7 Å². The number of rotatable bonds is 4. The minimum absolute atomic E-state index is 0.160. The van der Waals surface area contributed by atoms with E-state index in [2.05, 4.69) is 5.10 Å². The number of carboxylic acid groups (broad SMARTS) is 2. The smallest absolute Gasteiger partial charge is 0.357 e. The van der Waals surface area contributed by atoms with Crippen LogP contribution in [0.25, 0.3) is 0 Å². The van der Waals surface area contributed by atoms with E-state index in [-0.39, 0.29) is 18.9 Å². The van der Waals surface area contributed by atoms with Crippen LogP contribution in [0.3, 0.4) is 0 Å². The molecule has 1 aliphatic heterocycles. The van der Waals surface area contributed by atoms with E-state index >= 15 is 0 Å². The number of fused-ring (bicyclic) bond motifs is 1. The predicted molar refractivity (Wildman–Crippen MR) is 67.8 cm³/mol. The molecule has 0 unspecified atom stereocenters. The van der Waals surface area contributed by atoms with Crippen molar-refractivity contribution in [2.75, 3.05) is 6.79 Å². The standard InChI is InChI=1S/C13H10N2O6/c16-12(17)8-5-15(14-11(8)13(18)19)4-7-1-2-9-10(3-7)21-6-20-9/h1-3,5H,4,6H2,(H,16,17)(H,18,19). The van der Waals surface area contributed by atoms with Gasteiger partial charge in [-0.05, 0) is 17.7 Å². The lowest BCUT2D eigenvalue weighted by atomic mass is 10.2. The number of aromatic carboxylic acids is 2. The highest BCUT2D eigenvalue weighted by molar-refractivity contribution is 6.00. The van der Waals surface area contributed by atoms with Crippen LogP contribution in [0, 0.1) is 0 Å². The van der Waals surface area contributed by atoms with E-state index in [0.29, 0.717) is 11.5 Å². The van der Waals surface area contributed by atoms with Crippen LogP contribution in [-0.4, -0.2) is 38.7 Å². The topological polar surface area (TPSA) is 111 Å². The van der Waals surface area contributed by atoms with Gasteiger partial charge in [-0.15, -0.1) is 0 Å². The number of carbonyl (C=O) groups is 2. The fourth-order valence-corrected chi connectivity index (χ4v) is 2.04. The fourth-order valence-electron chi connectivity index (χ4n) is 2.04. The second kappa shape index (κ2) is 4.82. The molecule has 1 aromatic heterocycles. The highest BCUT2D eigenvalue weighted by Crippen LogP contribution is 2.32. The van der Waals surface area contributed by atoms with E-state index in [4.69, 9.17) is 19.7 Å². The Hall–Kier alpha value is -3.03. The van der Waals surface area contributed by atoms with E-state index in [1.165, 1.54) is 10.9 Å². The van der Waals surface area contributed by atoms with E-state index in [0.717, 1.165) is 5.56 Å². The van der Waals surface area contributed by atoms with Gasteiger partial charge in [0.1, 0.15) is 5.56 Å². The summed E-state index contributed by atoms with van der Waals surface area (Å²) in [7, 11) is 0. The molecule has 0 bridgehead atoms. The molecule has 1 aromatic carbocycles. The first kappa shape index (κ1) is 13.0. The second-order valence-electron chi connectivity index (χ2n) is 4.39. The predicted octanol–water partition coefficient (Wildman–Crippen LogP) is 1.06. The van der Waals surface area contributed by atoms with Gasteiger partial charge in [0, 0.05) is 6.20 Å². The van der Waals surface area contributed by atoms with Crippen molar-refractivity contribution in [3.63, 3.8) is 0 Å². The molecule has 8 heteroatoms. The van der Waals surface area contributed by atoms with Crippen molar-refractivity contribution >= 4 is 11.9 Å². The quantitative estimate of drug-likeness (QED) is 0.865. The minimum atomic E-state index is -1.38. The van der Waals surface area contributed by atoms with Gasteiger partial charge in [0.05, 0.1) is 6.54 Å². The van der Waals surface area contributed by atoms with Crippen LogP contribution >= 0.6 is 0 Å². The molecule has 3 rings (SSSR count). The van der Waals surface area contributed by atoms with Gasteiger partial charge in [-0.3, -0.25) is 4.68 Å². The molecule has 21 heavy (non-hydrogen) atoms. The van der Waals surface area contributed by atoms with Gasteiger partial charge in [-0.25, -0.2) is 9.59 Å². The molecule has 0 saturated heterocycles. The third kappa shape index (κ3) is 2.38. The summed E-state index contributed by atoms with van der Waals surface area (Å²) in [5.41, 5.74) is -0.0397. The maximum Gasteiger partial charge on any atom is 0.357 e. The number of aromatic nitrogens is 2. The van der Waals surface area contributed by atoms with Crippen LogP contribution in [0.5, 0.6) is 11.5 Å². The molecule has 8 nitrogen and oxygen atoms in total. The van der Waals surface area contributed by atoms with E-state index in [1.807, 2.05) is 0 Å². The molecule has 2 heterocycles. The van der Waals surface area contributed by atoms with Crippen molar-refractivity contribution < 1.29 is 29.3 Å². The van der Waals surface area contributed by atoms with Gasteiger partial charge >= 0.3 is 11.9 Å². The summed E-state index contributed by atoms with van der Waals surface area (Å²) in [4.78, 5) is 22.0. The van der Waals surface area contributed by atoms with Gasteiger partial charge in [0.25, 0.3) is 0 Å². The van der Waals surface area contributed by atoms with Gasteiger partial charge in [0.15, 0.2) is 17.2 Å². The van der Waals surface area contributed by atoms with Crippen molar-refractivity contribution in [2.45, 2.75) is 6.54 Å². The molecule has 0 spiro atoms. The normalized spacial score (nSPS) is 12.4. The lowest BCUT2D eigenvalue weighted by Crippen LogP contribution is -2.06. The maximum absolute atomic E-state index is 11.0. The average molecular weight is 290 g/mol. The molecule has 108 valence electrons. The number of hydrogen-bond donors (Lipinski definition) is 2. The molecule has 0 aliphatic carbocycles. The summed E-state index contributed by atoms with van der Waals surface area (Å²) in [6.45, 7) is 0.386. The lowest BCUT2D eigenvalue weighted by molar-refractivity contribution is 0.0648. The second-order valence-corrected chi connectivity index (χ2v) is 4.39. The van der Waals surface area contributed by atoms with E-state index < -0.39 is 17.6 Å². The van der Waals surface area contributed by atoms with Crippen LogP contribution in [-0.2, 0) is 6.54 Å². The first-order chi connectivity index (χ1) is 10.0. The van der Waals surface area contributed by atoms with Crippen LogP contribution in [0.4, 0.5) is 0 Å². The SMILES string of the molecule is O=C(O)c1cn(Cc2ccc3c(c2)OCO3)nc1C(=O)O. The zero-order valence-electron chi connectivity index (χ0n) is 10.6. The van der Waals surface area contributed by atoms with Gasteiger partial charge in [-0.2, -0.15) is 5.10 Å². The Morgan fingerprint density at radius 3 is 2.62 bits per heavy atom. The molecule has 0 radical (unpaired) electrons. The summed E-state index contributed by atoms with van der Waals surface area (Å²) < 4.78 is 11.7. The Kier molecular flexibility index (Phi) is 2.98. The zero-order valence-corrected chi connectivity index (χ0v) is 10.6. The molecule has 0 amide bonds. The van der Waals surface area contributed by atoms with Crippen molar-refractivity contribution in [2.24, 2.45) is 0 Å². The first-order valence-corrected chi connectivity index (χ1v) is 5.97. The number of ether oxygens (including phenoxy) is 2. The summed E-state index contributed by atoms with van der Waals surface area (Å²) in [6, 6.07) is 5.25. The Morgan fingerprint density at radius 1 is 1.19 bits per heavy atom. The van der Waals surface area contributed by atoms with E-state index in [1.54, 1.807) is 18.2 Å². The highest BCUT2D eigenvalue weighted by Gasteiger charge is 2.21. The number of carboxylic acids is 2. The van der Waals surface area contributed by atoms with Crippen molar-refractivity contribution in [3.05, 3.63) is 41.2 Å². The van der Waals surface area contributed by atoms with Crippen molar-refractivity contribution in [1.82, 2.24) is 9.78 Å². The number of benzene rings is 1. The highest BCUT2D eigenvalue weighted by atomic mass is 16.7. The largest absolute Gasteiger partial charge is 0.478 e. The first-order valence-electron chi connectivity index (χ1n) is 5.97. The molecular formula is C13H10N2O6. The molecule has 1 aliphatic rings. The molecular weight excluding hydrogens is 280 g/mol. The Balaban J connectivity index is 1.90. The maximum atomic E-state index is 11.0. The third-order valence-corrected chi connectivity index (χ3v) is 2.98. The monoisotopic (exact) mass is 290 g/mol. The van der Waals surface area contributed by atoms with Gasteiger partial charge in [0.2, 0.25) is 6.79 Å². The third-order valence-electron chi connectivity index (χ3n) is 2.98. The van der Waals surface area contributed by atoms with Crippen LogP contribution < -0.4 is 9.47 Å². The van der Waals surface area contributed by atoms with Gasteiger partial charge in [-0.1, -0.05) is 6.07 Å². The molecule has 2 N–H and O–H groups in total. The lowest BCUT2D eigenvalue weighted by Gasteiger charge is -2.03. The number of hydrogen-bond acceptors (Lipinski definition) is 5. The Bertz CT molecular complexity index is 705. The van der Waals surface area contributed by atoms with Crippen molar-refractivity contribution in [1.29, 1.82) is 0 Å². The fraction of sp³-hybridized carbons (Fsp3) is 0.154. The Morgan fingerprint density at radius 2 is 1.95 bits per heavy atom. The summed E-state index contributed by atoms with van der Waals surface area (Å²) in [5, 5.41) is 21.7. The average Bonchev–Trinajstić information content (AvgIpc) is 3.04. The zero-order chi connectivity index (χ0) is 15.0.